The van der Waals surface area contributed by atoms with E-state index >= 15 is 0 Å². The maximum Gasteiger partial charge on any atom is 1.00 e. The van der Waals surface area contributed by atoms with Gasteiger partial charge < -0.3 is 44.7 Å². The van der Waals surface area contributed by atoms with Crippen LogP contribution >= 0.6 is 0 Å². The fraction of sp³-hybridized carbons (Fsp3) is 0.938. The summed E-state index contributed by atoms with van der Waals surface area (Å²) >= 11 is 0. The molecule has 6 N–H and O–H groups in total. The largest absolute Gasteiger partial charge is 1.00 e. The van der Waals surface area contributed by atoms with E-state index in [2.05, 4.69) is 13.8 Å². The minimum atomic E-state index is -4.87. The van der Waals surface area contributed by atoms with Crippen molar-refractivity contribution in [3.05, 3.63) is 12.2 Å². The SMILES string of the molecule is CC(C)[C@H](/C=C/[C@@H](C)[C@H]1C[C@@H](O)C2[C@]3(O)C[C@H](O)C4C[C@@H](OS(=O)(=O)[O-])CC[C@]4(C)C3CC[C@@]21C)O[C@@H]1OC[C@@H](O)C(O)C1O.[Na+]. The van der Waals surface area contributed by atoms with Crippen LogP contribution in [0.4, 0.5) is 0 Å². The molecule has 5 fully saturated rings. The van der Waals surface area contributed by atoms with Crippen molar-refractivity contribution in [3.63, 3.8) is 0 Å². The van der Waals surface area contributed by atoms with Gasteiger partial charge in [0.1, 0.15) is 18.3 Å². The van der Waals surface area contributed by atoms with Gasteiger partial charge in [-0.2, -0.15) is 0 Å². The van der Waals surface area contributed by atoms with Crippen LogP contribution in [-0.2, 0) is 24.1 Å². The zero-order chi connectivity index (χ0) is 33.3. The number of fused-ring (bicyclic) bond motifs is 5. The molecule has 5 rings (SSSR count). The van der Waals surface area contributed by atoms with Crippen LogP contribution < -0.4 is 29.6 Å². The Balaban J connectivity index is 0.00000480. The van der Waals surface area contributed by atoms with Gasteiger partial charge in [-0.25, -0.2) is 8.42 Å². The summed E-state index contributed by atoms with van der Waals surface area (Å²) in [6.45, 7) is 10.0. The van der Waals surface area contributed by atoms with Gasteiger partial charge in [-0.05, 0) is 78.9 Å². The molecular formula is C32H53NaO12S. The zero-order valence-corrected chi connectivity index (χ0v) is 30.8. The predicted octanol–water partition coefficient (Wildman–Crippen LogP) is -1.78. The van der Waals surface area contributed by atoms with Crippen molar-refractivity contribution in [3.8, 4) is 0 Å². The third-order valence-corrected chi connectivity index (χ3v) is 13.1. The van der Waals surface area contributed by atoms with Gasteiger partial charge in [-0.15, -0.1) is 0 Å². The Labute approximate surface area is 295 Å². The first-order valence-corrected chi connectivity index (χ1v) is 17.9. The van der Waals surface area contributed by atoms with Gasteiger partial charge in [0.2, 0.25) is 10.4 Å². The van der Waals surface area contributed by atoms with Crippen molar-refractivity contribution < 1.29 is 86.8 Å². The summed E-state index contributed by atoms with van der Waals surface area (Å²) in [6, 6.07) is 0. The van der Waals surface area contributed by atoms with Crippen LogP contribution in [0.25, 0.3) is 0 Å². The van der Waals surface area contributed by atoms with Gasteiger partial charge in [-0.1, -0.05) is 46.8 Å². The van der Waals surface area contributed by atoms with E-state index in [4.69, 9.17) is 13.7 Å². The van der Waals surface area contributed by atoms with Crippen molar-refractivity contribution in [2.24, 2.45) is 46.3 Å². The molecule has 0 bridgehead atoms. The van der Waals surface area contributed by atoms with Crippen LogP contribution in [0.3, 0.4) is 0 Å². The summed E-state index contributed by atoms with van der Waals surface area (Å²) in [6.07, 6.45) is -0.978. The van der Waals surface area contributed by atoms with Gasteiger partial charge >= 0.3 is 29.6 Å². The molecule has 12 nitrogen and oxygen atoms in total. The number of ether oxygens (including phenoxy) is 2. The van der Waals surface area contributed by atoms with E-state index < -0.39 is 81.8 Å². The first-order chi connectivity index (χ1) is 20.8. The summed E-state index contributed by atoms with van der Waals surface area (Å²) in [5, 5.41) is 65.8. The topological polar surface area (TPSA) is 206 Å². The van der Waals surface area contributed by atoms with Crippen molar-refractivity contribution in [1.29, 1.82) is 0 Å². The maximum absolute atomic E-state index is 12.6. The van der Waals surface area contributed by atoms with Crippen LogP contribution in [0.2, 0.25) is 0 Å². The summed E-state index contributed by atoms with van der Waals surface area (Å²) < 4.78 is 50.1. The van der Waals surface area contributed by atoms with Crippen molar-refractivity contribution in [2.75, 3.05) is 6.61 Å². The van der Waals surface area contributed by atoms with E-state index in [0.29, 0.717) is 25.7 Å². The molecule has 4 aliphatic carbocycles. The van der Waals surface area contributed by atoms with Crippen molar-refractivity contribution in [1.82, 2.24) is 0 Å². The zero-order valence-electron chi connectivity index (χ0n) is 27.9. The van der Waals surface area contributed by atoms with Crippen LogP contribution in [0.1, 0.15) is 79.6 Å². The Morgan fingerprint density at radius 1 is 0.913 bits per heavy atom. The van der Waals surface area contributed by atoms with E-state index in [9.17, 15) is 43.6 Å². The molecule has 0 aromatic heterocycles. The quantitative estimate of drug-likeness (QED) is 0.0727. The van der Waals surface area contributed by atoms with Crippen LogP contribution in [0.15, 0.2) is 12.2 Å². The maximum atomic E-state index is 12.6. The summed E-state index contributed by atoms with van der Waals surface area (Å²) in [7, 11) is -4.87. The summed E-state index contributed by atoms with van der Waals surface area (Å²) in [5.74, 6) is -1.00. The monoisotopic (exact) mass is 684 g/mol. The smallest absolute Gasteiger partial charge is 0.726 e. The van der Waals surface area contributed by atoms with E-state index in [-0.39, 0.29) is 78.6 Å². The van der Waals surface area contributed by atoms with Gasteiger partial charge in [0.25, 0.3) is 0 Å². The molecule has 0 aromatic carbocycles. The van der Waals surface area contributed by atoms with Crippen LogP contribution in [0, 0.1) is 46.3 Å². The second kappa shape index (κ2) is 14.1. The fourth-order valence-electron chi connectivity index (χ4n) is 10.5. The Hall–Kier alpha value is 0.290. The Morgan fingerprint density at radius 2 is 1.57 bits per heavy atom. The van der Waals surface area contributed by atoms with Gasteiger partial charge in [0.15, 0.2) is 6.29 Å². The third kappa shape index (κ3) is 7.08. The molecule has 4 saturated carbocycles. The van der Waals surface area contributed by atoms with Crippen molar-refractivity contribution >= 4 is 10.4 Å². The number of allylic oxidation sites excluding steroid dienone is 1. The predicted molar refractivity (Wildman–Crippen MR) is 160 cm³/mol. The molecule has 5 aliphatic rings. The molecule has 14 heteroatoms. The fourth-order valence-corrected chi connectivity index (χ4v) is 11.0. The molecule has 16 atom stereocenters. The molecule has 5 unspecified atom stereocenters. The second-order valence-corrected chi connectivity index (χ2v) is 16.6. The molecule has 1 saturated heterocycles. The first kappa shape index (κ1) is 39.1. The molecule has 260 valence electrons. The minimum Gasteiger partial charge on any atom is -0.726 e. The summed E-state index contributed by atoms with van der Waals surface area (Å²) in [5.41, 5.74) is -2.26. The van der Waals surface area contributed by atoms with Gasteiger partial charge in [0, 0.05) is 12.3 Å². The average molecular weight is 685 g/mol. The molecule has 0 spiro atoms. The number of hydrogen-bond acceptors (Lipinski definition) is 12. The average Bonchev–Trinajstić information content (AvgIpc) is 3.21. The number of aliphatic hydroxyl groups is 6. The normalized spacial score (nSPS) is 49.1. The summed E-state index contributed by atoms with van der Waals surface area (Å²) in [4.78, 5) is 0. The van der Waals surface area contributed by atoms with Crippen molar-refractivity contribution in [2.45, 2.75) is 134 Å². The second-order valence-electron chi connectivity index (χ2n) is 15.6. The standard InChI is InChI=1S/C32H54O12S.Na/c1-16(2)24(43-29-27(37)26(36)23(35)15-42-29)7-6-17(3)19-13-21(33)28-31(19,5)11-9-25-30(4)10-8-18(44-45(39,40)41)12-20(30)22(34)14-32(25,28)38;/h6-7,16-29,33-38H,8-15H2,1-5H3,(H,39,40,41);/q;+1/p-1/b7-6+;/t17-,18+,19-,20?,21-,22+,23-,24+,25?,26?,27?,28?,29+,30+,31-,32+;/m1./s1. The Kier molecular flexibility index (Phi) is 12.0. The Bertz CT molecular complexity index is 1200. The molecule has 0 radical (unpaired) electrons. The number of rotatable bonds is 8. The molecule has 1 aliphatic heterocycles. The first-order valence-electron chi connectivity index (χ1n) is 16.5. The van der Waals surface area contributed by atoms with Crippen LogP contribution in [-0.4, -0.2) is 105 Å². The van der Waals surface area contributed by atoms with Gasteiger partial charge in [-0.3, -0.25) is 4.18 Å². The molecule has 0 amide bonds. The van der Waals surface area contributed by atoms with E-state index in [0.717, 1.165) is 6.42 Å². The van der Waals surface area contributed by atoms with E-state index in [1.807, 2.05) is 32.9 Å². The molecule has 0 aromatic rings. The van der Waals surface area contributed by atoms with Gasteiger partial charge in [0.05, 0.1) is 36.6 Å². The molecule has 1 heterocycles. The van der Waals surface area contributed by atoms with E-state index in [1.54, 1.807) is 0 Å². The number of aliphatic hydroxyl groups excluding tert-OH is 5. The Morgan fingerprint density at radius 3 is 2.20 bits per heavy atom. The molecule has 46 heavy (non-hydrogen) atoms. The van der Waals surface area contributed by atoms with Crippen LogP contribution in [0.5, 0.6) is 0 Å². The number of hydrogen-bond donors (Lipinski definition) is 6. The third-order valence-electron chi connectivity index (χ3n) is 12.6. The van der Waals surface area contributed by atoms with E-state index in [1.165, 1.54) is 0 Å². The minimum absolute atomic E-state index is 0. The molecular weight excluding hydrogens is 631 g/mol.